The molecule has 0 aromatic heterocycles. The van der Waals surface area contributed by atoms with Gasteiger partial charge in [0.25, 0.3) is 0 Å². The maximum atomic E-state index is 13.1. The standard InChI is InChI=1S/C22H28N2O/c1-3-24(4-2)20-14-12-19(13-15-20)23-21(25)22(16-8-9-17-22)18-10-6-5-7-11-18/h5-7,10-15H,3-4,8-9,16-17H2,1-2H3,(H,23,25). The van der Waals surface area contributed by atoms with E-state index in [-0.39, 0.29) is 11.3 Å². The van der Waals surface area contributed by atoms with Gasteiger partial charge in [-0.05, 0) is 56.5 Å². The van der Waals surface area contributed by atoms with Gasteiger partial charge in [-0.1, -0.05) is 43.2 Å². The van der Waals surface area contributed by atoms with Crippen molar-refractivity contribution >= 4 is 17.3 Å². The Morgan fingerprint density at radius 3 is 2.12 bits per heavy atom. The predicted octanol–water partition coefficient (Wildman–Crippen LogP) is 4.98. The van der Waals surface area contributed by atoms with Gasteiger partial charge in [0, 0.05) is 24.5 Å². The molecule has 0 heterocycles. The Balaban J connectivity index is 1.78. The summed E-state index contributed by atoms with van der Waals surface area (Å²) in [5.41, 5.74) is 2.84. The Kier molecular flexibility index (Phi) is 5.42. The van der Waals surface area contributed by atoms with Crippen molar-refractivity contribution in [2.24, 2.45) is 0 Å². The van der Waals surface area contributed by atoms with Crippen LogP contribution < -0.4 is 10.2 Å². The van der Waals surface area contributed by atoms with Crippen molar-refractivity contribution in [3.8, 4) is 0 Å². The number of hydrogen-bond acceptors (Lipinski definition) is 2. The number of amides is 1. The molecule has 1 amide bonds. The Labute approximate surface area is 151 Å². The highest BCUT2D eigenvalue weighted by molar-refractivity contribution is 5.99. The summed E-state index contributed by atoms with van der Waals surface area (Å²) in [6.45, 7) is 6.28. The molecule has 0 saturated heterocycles. The number of carbonyl (C=O) groups excluding carboxylic acids is 1. The lowest BCUT2D eigenvalue weighted by Gasteiger charge is -2.28. The van der Waals surface area contributed by atoms with Crippen molar-refractivity contribution in [2.45, 2.75) is 44.9 Å². The first-order chi connectivity index (χ1) is 12.2. The van der Waals surface area contributed by atoms with Gasteiger partial charge in [-0.25, -0.2) is 0 Å². The molecule has 1 aliphatic rings. The third-order valence-electron chi connectivity index (χ3n) is 5.47. The fourth-order valence-electron chi connectivity index (χ4n) is 3.98. The zero-order valence-corrected chi connectivity index (χ0v) is 15.3. The Bertz CT molecular complexity index is 684. The normalized spacial score (nSPS) is 15.8. The van der Waals surface area contributed by atoms with Crippen LogP contribution in [0.1, 0.15) is 45.1 Å². The zero-order chi connectivity index (χ0) is 17.7. The van der Waals surface area contributed by atoms with E-state index < -0.39 is 0 Å². The van der Waals surface area contributed by atoms with Gasteiger partial charge in [0.2, 0.25) is 5.91 Å². The molecule has 1 aliphatic carbocycles. The van der Waals surface area contributed by atoms with E-state index in [0.29, 0.717) is 0 Å². The maximum Gasteiger partial charge on any atom is 0.235 e. The second kappa shape index (κ2) is 7.73. The van der Waals surface area contributed by atoms with Crippen LogP contribution >= 0.6 is 0 Å². The molecule has 0 aliphatic heterocycles. The Morgan fingerprint density at radius 2 is 1.56 bits per heavy atom. The third kappa shape index (κ3) is 3.55. The van der Waals surface area contributed by atoms with Crippen LogP contribution in [0.2, 0.25) is 0 Å². The Hall–Kier alpha value is -2.29. The molecule has 1 saturated carbocycles. The topological polar surface area (TPSA) is 32.3 Å². The highest BCUT2D eigenvalue weighted by atomic mass is 16.2. The van der Waals surface area contributed by atoms with Crippen molar-refractivity contribution in [2.75, 3.05) is 23.3 Å². The fraction of sp³-hybridized carbons (Fsp3) is 0.409. The van der Waals surface area contributed by atoms with E-state index in [4.69, 9.17) is 0 Å². The minimum absolute atomic E-state index is 0.131. The molecule has 0 bridgehead atoms. The molecule has 3 rings (SSSR count). The van der Waals surface area contributed by atoms with Crippen LogP contribution in [0.3, 0.4) is 0 Å². The van der Waals surface area contributed by atoms with E-state index in [1.54, 1.807) is 0 Å². The first-order valence-corrected chi connectivity index (χ1v) is 9.41. The largest absolute Gasteiger partial charge is 0.372 e. The van der Waals surface area contributed by atoms with Crippen LogP contribution in [0.4, 0.5) is 11.4 Å². The SMILES string of the molecule is CCN(CC)c1ccc(NC(=O)C2(c3ccccc3)CCCC2)cc1. The summed E-state index contributed by atoms with van der Waals surface area (Å²) < 4.78 is 0. The maximum absolute atomic E-state index is 13.1. The number of carbonyl (C=O) groups is 1. The second-order valence-corrected chi connectivity index (χ2v) is 6.83. The summed E-state index contributed by atoms with van der Waals surface area (Å²) in [4.78, 5) is 15.4. The summed E-state index contributed by atoms with van der Waals surface area (Å²) in [5.74, 6) is 0.131. The molecule has 3 nitrogen and oxygen atoms in total. The van der Waals surface area contributed by atoms with Gasteiger partial charge in [0.1, 0.15) is 0 Å². The lowest BCUT2D eigenvalue weighted by Crippen LogP contribution is -2.37. The van der Waals surface area contributed by atoms with Crippen molar-refractivity contribution in [1.82, 2.24) is 0 Å². The molecule has 1 N–H and O–H groups in total. The molecular weight excluding hydrogens is 308 g/mol. The summed E-state index contributed by atoms with van der Waals surface area (Å²) in [5, 5.41) is 3.17. The van der Waals surface area contributed by atoms with Gasteiger partial charge in [-0.3, -0.25) is 4.79 Å². The van der Waals surface area contributed by atoms with Crippen molar-refractivity contribution in [3.63, 3.8) is 0 Å². The number of benzene rings is 2. The summed E-state index contributed by atoms with van der Waals surface area (Å²) in [6, 6.07) is 18.5. The van der Waals surface area contributed by atoms with Crippen LogP contribution in [-0.2, 0) is 10.2 Å². The fourth-order valence-corrected chi connectivity index (χ4v) is 3.98. The predicted molar refractivity (Wildman–Crippen MR) is 105 cm³/mol. The first kappa shape index (κ1) is 17.5. The van der Waals surface area contributed by atoms with E-state index >= 15 is 0 Å². The summed E-state index contributed by atoms with van der Waals surface area (Å²) >= 11 is 0. The van der Waals surface area contributed by atoms with Crippen molar-refractivity contribution in [3.05, 3.63) is 60.2 Å². The molecule has 0 spiro atoms. The average Bonchev–Trinajstić information content (AvgIpc) is 3.16. The van der Waals surface area contributed by atoms with Gasteiger partial charge >= 0.3 is 0 Å². The molecule has 25 heavy (non-hydrogen) atoms. The van der Waals surface area contributed by atoms with Gasteiger partial charge in [0.15, 0.2) is 0 Å². The number of nitrogens with zero attached hydrogens (tertiary/aromatic N) is 1. The van der Waals surface area contributed by atoms with Crippen LogP contribution in [-0.4, -0.2) is 19.0 Å². The number of rotatable bonds is 6. The summed E-state index contributed by atoms with van der Waals surface area (Å²) in [7, 11) is 0. The van der Waals surface area contributed by atoms with Gasteiger partial charge < -0.3 is 10.2 Å². The minimum atomic E-state index is -0.376. The lowest BCUT2D eigenvalue weighted by atomic mass is 9.78. The zero-order valence-electron chi connectivity index (χ0n) is 15.3. The van der Waals surface area contributed by atoms with Crippen LogP contribution in [0.15, 0.2) is 54.6 Å². The van der Waals surface area contributed by atoms with Gasteiger partial charge in [-0.2, -0.15) is 0 Å². The minimum Gasteiger partial charge on any atom is -0.372 e. The van der Waals surface area contributed by atoms with E-state index in [0.717, 1.165) is 50.0 Å². The van der Waals surface area contributed by atoms with Crippen LogP contribution in [0, 0.1) is 0 Å². The molecule has 0 radical (unpaired) electrons. The number of anilines is 2. The number of hydrogen-bond donors (Lipinski definition) is 1. The molecule has 2 aromatic rings. The molecule has 0 unspecified atom stereocenters. The second-order valence-electron chi connectivity index (χ2n) is 6.83. The third-order valence-corrected chi connectivity index (χ3v) is 5.47. The molecule has 3 heteroatoms. The molecule has 2 aromatic carbocycles. The van der Waals surface area contributed by atoms with Crippen molar-refractivity contribution < 1.29 is 4.79 Å². The highest BCUT2D eigenvalue weighted by Gasteiger charge is 2.42. The quantitative estimate of drug-likeness (QED) is 0.806. The Morgan fingerprint density at radius 1 is 0.960 bits per heavy atom. The van der Waals surface area contributed by atoms with Crippen LogP contribution in [0.25, 0.3) is 0 Å². The molecule has 1 fully saturated rings. The highest BCUT2D eigenvalue weighted by Crippen LogP contribution is 2.42. The van der Waals surface area contributed by atoms with E-state index in [9.17, 15) is 4.79 Å². The van der Waals surface area contributed by atoms with Gasteiger partial charge in [0.05, 0.1) is 5.41 Å². The number of nitrogens with one attached hydrogen (secondary N) is 1. The molecular formula is C22H28N2O. The summed E-state index contributed by atoms with van der Waals surface area (Å²) in [6.07, 6.45) is 4.09. The van der Waals surface area contributed by atoms with E-state index in [1.165, 1.54) is 5.69 Å². The van der Waals surface area contributed by atoms with E-state index in [1.807, 2.05) is 30.3 Å². The van der Waals surface area contributed by atoms with Gasteiger partial charge in [-0.15, -0.1) is 0 Å². The lowest BCUT2D eigenvalue weighted by molar-refractivity contribution is -0.121. The smallest absolute Gasteiger partial charge is 0.235 e. The molecule has 132 valence electrons. The van der Waals surface area contributed by atoms with Crippen LogP contribution in [0.5, 0.6) is 0 Å². The first-order valence-electron chi connectivity index (χ1n) is 9.41. The average molecular weight is 336 g/mol. The van der Waals surface area contributed by atoms with E-state index in [2.05, 4.69) is 48.3 Å². The molecule has 0 atom stereocenters. The van der Waals surface area contributed by atoms with Crippen molar-refractivity contribution in [1.29, 1.82) is 0 Å². The monoisotopic (exact) mass is 336 g/mol.